The molecule has 8 nitrogen and oxygen atoms in total. The number of morpholine rings is 1. The highest BCUT2D eigenvalue weighted by atomic mass is 35.5. The number of ether oxygens (including phenoxy) is 3. The minimum Gasteiger partial charge on any atom is -0.507 e. The molecule has 1 amide bonds. The molecule has 2 aromatic rings. The van der Waals surface area contributed by atoms with Crippen molar-refractivity contribution in [2.75, 3.05) is 53.6 Å². The lowest BCUT2D eigenvalue weighted by Gasteiger charge is -2.31. The molecule has 34 heavy (non-hydrogen) atoms. The minimum absolute atomic E-state index is 0.0292. The summed E-state index contributed by atoms with van der Waals surface area (Å²) in [7, 11) is 3.05. The second-order valence-electron chi connectivity index (χ2n) is 8.07. The van der Waals surface area contributed by atoms with Gasteiger partial charge in [-0.3, -0.25) is 14.5 Å². The second kappa shape index (κ2) is 10.5. The molecule has 2 aromatic carbocycles. The fourth-order valence-electron chi connectivity index (χ4n) is 4.32. The van der Waals surface area contributed by atoms with Crippen LogP contribution in [0.3, 0.4) is 0 Å². The highest BCUT2D eigenvalue weighted by Gasteiger charge is 2.46. The van der Waals surface area contributed by atoms with Crippen molar-refractivity contribution in [1.82, 2.24) is 9.80 Å². The van der Waals surface area contributed by atoms with Crippen LogP contribution < -0.4 is 9.47 Å². The van der Waals surface area contributed by atoms with Crippen molar-refractivity contribution in [1.29, 1.82) is 0 Å². The van der Waals surface area contributed by atoms with Crippen LogP contribution in [-0.2, 0) is 14.3 Å². The average Bonchev–Trinajstić information content (AvgIpc) is 3.12. The van der Waals surface area contributed by atoms with Crippen LogP contribution in [0.2, 0.25) is 5.02 Å². The van der Waals surface area contributed by atoms with E-state index in [2.05, 4.69) is 4.90 Å². The smallest absolute Gasteiger partial charge is 0.295 e. The summed E-state index contributed by atoms with van der Waals surface area (Å²) in [6, 6.07) is 10.9. The number of aliphatic hydroxyl groups excluding tert-OH is 1. The van der Waals surface area contributed by atoms with E-state index in [1.165, 1.54) is 19.1 Å². The Bertz CT molecular complexity index is 1100. The summed E-state index contributed by atoms with van der Waals surface area (Å²) >= 11 is 5.99. The maximum atomic E-state index is 13.2. The third-order valence-electron chi connectivity index (χ3n) is 6.14. The van der Waals surface area contributed by atoms with Crippen LogP contribution in [0, 0.1) is 0 Å². The fourth-order valence-corrected chi connectivity index (χ4v) is 4.44. The van der Waals surface area contributed by atoms with Crippen molar-refractivity contribution in [3.63, 3.8) is 0 Å². The number of hydrogen-bond acceptors (Lipinski definition) is 7. The molecule has 0 radical (unpaired) electrons. The van der Waals surface area contributed by atoms with Gasteiger partial charge in [0.25, 0.3) is 11.7 Å². The molecule has 0 bridgehead atoms. The number of benzene rings is 2. The van der Waals surface area contributed by atoms with Gasteiger partial charge in [0.2, 0.25) is 0 Å². The lowest BCUT2D eigenvalue weighted by Crippen LogP contribution is -2.42. The number of ketones is 1. The molecular weight excluding hydrogens is 460 g/mol. The molecule has 0 aliphatic carbocycles. The zero-order chi connectivity index (χ0) is 24.2. The summed E-state index contributed by atoms with van der Waals surface area (Å²) in [5.41, 5.74) is 1.07. The van der Waals surface area contributed by atoms with Gasteiger partial charge in [-0.15, -0.1) is 0 Å². The van der Waals surface area contributed by atoms with Crippen LogP contribution in [0.25, 0.3) is 5.76 Å². The van der Waals surface area contributed by atoms with Gasteiger partial charge in [0.1, 0.15) is 5.76 Å². The van der Waals surface area contributed by atoms with Crippen molar-refractivity contribution in [3.8, 4) is 11.5 Å². The highest BCUT2D eigenvalue weighted by Crippen LogP contribution is 2.41. The number of halogens is 1. The third-order valence-corrected chi connectivity index (χ3v) is 6.39. The van der Waals surface area contributed by atoms with Crippen molar-refractivity contribution >= 4 is 29.1 Å². The predicted octanol–water partition coefficient (Wildman–Crippen LogP) is 3.11. The van der Waals surface area contributed by atoms with E-state index in [4.69, 9.17) is 25.8 Å². The minimum atomic E-state index is -0.781. The average molecular weight is 487 g/mol. The highest BCUT2D eigenvalue weighted by molar-refractivity contribution is 6.46. The van der Waals surface area contributed by atoms with Crippen molar-refractivity contribution in [2.45, 2.75) is 6.04 Å². The van der Waals surface area contributed by atoms with E-state index in [-0.39, 0.29) is 11.3 Å². The number of aliphatic hydroxyl groups is 1. The van der Waals surface area contributed by atoms with Gasteiger partial charge in [-0.1, -0.05) is 17.7 Å². The summed E-state index contributed by atoms with van der Waals surface area (Å²) in [5.74, 6) is -0.638. The van der Waals surface area contributed by atoms with Crippen molar-refractivity contribution in [3.05, 3.63) is 64.2 Å². The maximum absolute atomic E-state index is 13.2. The van der Waals surface area contributed by atoms with E-state index in [0.29, 0.717) is 54.0 Å². The molecule has 0 aromatic heterocycles. The van der Waals surface area contributed by atoms with Gasteiger partial charge in [-0.25, -0.2) is 0 Å². The molecule has 2 fully saturated rings. The zero-order valence-electron chi connectivity index (χ0n) is 19.1. The molecule has 2 heterocycles. The summed E-state index contributed by atoms with van der Waals surface area (Å²) in [6.45, 7) is 3.69. The summed E-state index contributed by atoms with van der Waals surface area (Å²) in [6.07, 6.45) is 0. The van der Waals surface area contributed by atoms with Gasteiger partial charge in [-0.2, -0.15) is 0 Å². The number of likely N-dealkylation sites (tertiary alicyclic amines) is 1. The summed E-state index contributed by atoms with van der Waals surface area (Å²) in [5, 5.41) is 11.6. The van der Waals surface area contributed by atoms with Crippen LogP contribution in [0.5, 0.6) is 11.5 Å². The Morgan fingerprint density at radius 1 is 1.03 bits per heavy atom. The van der Waals surface area contributed by atoms with E-state index in [9.17, 15) is 14.7 Å². The molecule has 2 aliphatic rings. The van der Waals surface area contributed by atoms with Gasteiger partial charge in [0, 0.05) is 36.8 Å². The molecule has 0 saturated carbocycles. The SMILES string of the molecule is COc1ccc([C@H]2/C(=C(\O)c3ccc(Cl)cc3)C(=O)C(=O)N2CCN2CCOCC2)cc1OC. The molecule has 0 spiro atoms. The predicted molar refractivity (Wildman–Crippen MR) is 127 cm³/mol. The van der Waals surface area contributed by atoms with Crippen molar-refractivity contribution < 1.29 is 28.9 Å². The zero-order valence-corrected chi connectivity index (χ0v) is 19.9. The first-order valence-corrected chi connectivity index (χ1v) is 11.4. The maximum Gasteiger partial charge on any atom is 0.295 e. The molecule has 4 rings (SSSR count). The Morgan fingerprint density at radius 3 is 2.35 bits per heavy atom. The third kappa shape index (κ3) is 4.75. The molecule has 2 saturated heterocycles. The molecule has 180 valence electrons. The fraction of sp³-hybridized carbons (Fsp3) is 0.360. The Morgan fingerprint density at radius 2 is 1.71 bits per heavy atom. The molecular formula is C25H27ClN2O6. The quantitative estimate of drug-likeness (QED) is 0.365. The van der Waals surface area contributed by atoms with Crippen LogP contribution in [-0.4, -0.2) is 80.2 Å². The van der Waals surface area contributed by atoms with Gasteiger partial charge >= 0.3 is 0 Å². The topological polar surface area (TPSA) is 88.5 Å². The van der Waals surface area contributed by atoms with Crippen LogP contribution in [0.4, 0.5) is 0 Å². The Kier molecular flexibility index (Phi) is 7.41. The first kappa shape index (κ1) is 24.1. The Hall–Kier alpha value is -3.07. The summed E-state index contributed by atoms with van der Waals surface area (Å²) in [4.78, 5) is 30.0. The molecule has 9 heteroatoms. The lowest BCUT2D eigenvalue weighted by molar-refractivity contribution is -0.140. The van der Waals surface area contributed by atoms with Gasteiger partial charge in [0.05, 0.1) is 39.0 Å². The summed E-state index contributed by atoms with van der Waals surface area (Å²) < 4.78 is 16.2. The Balaban J connectivity index is 1.77. The molecule has 1 atom stereocenters. The first-order valence-electron chi connectivity index (χ1n) is 11.0. The number of Topliss-reactive ketones (excluding diaryl/α,β-unsaturated/α-hetero) is 1. The van der Waals surface area contributed by atoms with E-state index >= 15 is 0 Å². The largest absolute Gasteiger partial charge is 0.507 e. The number of carbonyl (C=O) groups excluding carboxylic acids is 2. The molecule has 1 N–H and O–H groups in total. The molecule has 0 unspecified atom stereocenters. The number of hydrogen-bond donors (Lipinski definition) is 1. The lowest BCUT2D eigenvalue weighted by atomic mass is 9.95. The van der Waals surface area contributed by atoms with Crippen LogP contribution in [0.15, 0.2) is 48.0 Å². The number of carbonyl (C=O) groups is 2. The monoisotopic (exact) mass is 486 g/mol. The molecule has 2 aliphatic heterocycles. The van der Waals surface area contributed by atoms with Gasteiger partial charge in [0.15, 0.2) is 11.5 Å². The van der Waals surface area contributed by atoms with E-state index in [0.717, 1.165) is 13.1 Å². The Labute approximate surface area is 203 Å². The number of rotatable bonds is 7. The standard InChI is InChI=1S/C25H27ClN2O6/c1-32-19-8-5-17(15-20(19)33-2)22-21(23(29)16-3-6-18(26)7-4-16)24(30)25(31)28(22)10-9-27-11-13-34-14-12-27/h3-8,15,22,29H,9-14H2,1-2H3/b23-21+/t22-/m0/s1. The van der Waals surface area contributed by atoms with Gasteiger partial charge in [-0.05, 0) is 42.0 Å². The van der Waals surface area contributed by atoms with Gasteiger partial charge < -0.3 is 24.2 Å². The van der Waals surface area contributed by atoms with E-state index in [1.54, 1.807) is 42.5 Å². The first-order chi connectivity index (χ1) is 16.4. The number of amides is 1. The van der Waals surface area contributed by atoms with Crippen LogP contribution >= 0.6 is 11.6 Å². The van der Waals surface area contributed by atoms with E-state index in [1.807, 2.05) is 0 Å². The van der Waals surface area contributed by atoms with Crippen molar-refractivity contribution in [2.24, 2.45) is 0 Å². The normalized spacial score (nSPS) is 20.6. The second-order valence-corrected chi connectivity index (χ2v) is 8.50. The van der Waals surface area contributed by atoms with Crippen LogP contribution in [0.1, 0.15) is 17.2 Å². The van der Waals surface area contributed by atoms with E-state index < -0.39 is 17.7 Å². The number of methoxy groups -OCH3 is 2. The number of nitrogens with zero attached hydrogens (tertiary/aromatic N) is 2.